The van der Waals surface area contributed by atoms with E-state index in [0.29, 0.717) is 0 Å². The van der Waals surface area contributed by atoms with Gasteiger partial charge in [0.2, 0.25) is 0 Å². The number of aliphatic hydroxyl groups excluding tert-OH is 1. The van der Waals surface area contributed by atoms with Crippen LogP contribution in [-0.2, 0) is 4.74 Å². The number of hydrogen-bond acceptors (Lipinski definition) is 4. The monoisotopic (exact) mass is 227 g/mol. The Labute approximate surface area is 94.6 Å². The van der Waals surface area contributed by atoms with E-state index in [1.54, 1.807) is 18.9 Å². The second kappa shape index (κ2) is 6.12. The minimum Gasteiger partial charge on any atom is -0.395 e. The maximum atomic E-state index is 8.99. The lowest BCUT2D eigenvalue weighted by Gasteiger charge is -2.21. The van der Waals surface area contributed by atoms with Gasteiger partial charge in [-0.3, -0.25) is 0 Å². The lowest BCUT2D eigenvalue weighted by Crippen LogP contribution is -2.33. The molecule has 3 N–H and O–H groups in total. The van der Waals surface area contributed by atoms with Crippen molar-refractivity contribution in [3.8, 4) is 0 Å². The Morgan fingerprint density at radius 3 is 2.40 bits per heavy atom. The molecule has 3 nitrogen and oxygen atoms in total. The zero-order chi connectivity index (χ0) is 11.3. The van der Waals surface area contributed by atoms with Crippen LogP contribution in [0.5, 0.6) is 0 Å². The fraction of sp³-hybridized carbons (Fsp3) is 0.455. The molecule has 0 bridgehead atoms. The van der Waals surface area contributed by atoms with Gasteiger partial charge in [0.1, 0.15) is 0 Å². The number of rotatable bonds is 5. The first-order valence-electron chi connectivity index (χ1n) is 4.76. The molecule has 2 atom stereocenters. The number of thioether (sulfide) groups is 1. The van der Waals surface area contributed by atoms with Crippen molar-refractivity contribution < 1.29 is 9.84 Å². The predicted molar refractivity (Wildman–Crippen MR) is 63.0 cm³/mol. The first-order chi connectivity index (χ1) is 7.22. The minimum absolute atomic E-state index is 0.0806. The van der Waals surface area contributed by atoms with Gasteiger partial charge in [0.25, 0.3) is 0 Å². The van der Waals surface area contributed by atoms with Gasteiger partial charge in [-0.05, 0) is 24.0 Å². The smallest absolute Gasteiger partial charge is 0.0994 e. The third-order valence-electron chi connectivity index (χ3n) is 2.30. The van der Waals surface area contributed by atoms with Crippen LogP contribution in [0.25, 0.3) is 0 Å². The molecular formula is C11H17NO2S. The summed E-state index contributed by atoms with van der Waals surface area (Å²) < 4.78 is 5.27. The highest BCUT2D eigenvalue weighted by Gasteiger charge is 2.18. The number of aliphatic hydroxyl groups is 1. The van der Waals surface area contributed by atoms with Crippen LogP contribution in [0.1, 0.15) is 11.7 Å². The molecule has 0 aliphatic rings. The van der Waals surface area contributed by atoms with Crippen LogP contribution in [-0.4, -0.2) is 31.1 Å². The Bertz CT molecular complexity index is 289. The summed E-state index contributed by atoms with van der Waals surface area (Å²) in [5, 5.41) is 8.99. The van der Waals surface area contributed by atoms with Gasteiger partial charge in [-0.25, -0.2) is 0 Å². The Morgan fingerprint density at radius 2 is 2.00 bits per heavy atom. The summed E-state index contributed by atoms with van der Waals surface area (Å²) in [7, 11) is 1.60. The molecule has 0 aliphatic heterocycles. The van der Waals surface area contributed by atoms with Crippen LogP contribution in [0.2, 0.25) is 0 Å². The average molecular weight is 227 g/mol. The highest BCUT2D eigenvalue weighted by Crippen LogP contribution is 2.22. The largest absolute Gasteiger partial charge is 0.395 e. The van der Waals surface area contributed by atoms with Crippen LogP contribution >= 0.6 is 11.8 Å². The minimum atomic E-state index is -0.380. The van der Waals surface area contributed by atoms with E-state index in [1.807, 2.05) is 30.5 Å². The van der Waals surface area contributed by atoms with Crippen molar-refractivity contribution in [3.63, 3.8) is 0 Å². The van der Waals surface area contributed by atoms with Gasteiger partial charge in [-0.1, -0.05) is 12.1 Å². The Hall–Kier alpha value is -0.550. The quantitative estimate of drug-likeness (QED) is 0.747. The van der Waals surface area contributed by atoms with E-state index in [4.69, 9.17) is 15.6 Å². The predicted octanol–water partition coefficient (Wildman–Crippen LogP) is 1.42. The van der Waals surface area contributed by atoms with Gasteiger partial charge in [0.05, 0.1) is 18.8 Å². The summed E-state index contributed by atoms with van der Waals surface area (Å²) in [6.45, 7) is -0.0806. The van der Waals surface area contributed by atoms with Crippen molar-refractivity contribution in [1.82, 2.24) is 0 Å². The molecule has 15 heavy (non-hydrogen) atoms. The fourth-order valence-electron chi connectivity index (χ4n) is 1.45. The second-order valence-corrected chi connectivity index (χ2v) is 4.16. The number of hydrogen-bond donors (Lipinski definition) is 2. The molecular weight excluding hydrogens is 210 g/mol. The number of benzene rings is 1. The molecule has 0 fully saturated rings. The van der Waals surface area contributed by atoms with Crippen LogP contribution < -0.4 is 5.73 Å². The van der Waals surface area contributed by atoms with Gasteiger partial charge in [-0.2, -0.15) is 0 Å². The molecule has 0 aromatic heterocycles. The average Bonchev–Trinajstić information content (AvgIpc) is 2.30. The SMILES string of the molecule is CO[C@@H](c1ccc(SC)cc1)[C@@H](N)CO. The third kappa shape index (κ3) is 3.21. The molecule has 0 unspecified atom stereocenters. The normalized spacial score (nSPS) is 14.9. The van der Waals surface area contributed by atoms with Crippen LogP contribution in [0.15, 0.2) is 29.2 Å². The lowest BCUT2D eigenvalue weighted by atomic mass is 10.0. The van der Waals surface area contributed by atoms with Crippen molar-refractivity contribution in [2.75, 3.05) is 20.0 Å². The van der Waals surface area contributed by atoms with Crippen molar-refractivity contribution >= 4 is 11.8 Å². The highest BCUT2D eigenvalue weighted by molar-refractivity contribution is 7.98. The van der Waals surface area contributed by atoms with Gasteiger partial charge in [-0.15, -0.1) is 11.8 Å². The molecule has 1 aromatic carbocycles. The van der Waals surface area contributed by atoms with E-state index in [2.05, 4.69) is 0 Å². The van der Waals surface area contributed by atoms with E-state index >= 15 is 0 Å². The van der Waals surface area contributed by atoms with E-state index in [0.717, 1.165) is 5.56 Å². The van der Waals surface area contributed by atoms with Gasteiger partial charge < -0.3 is 15.6 Å². The number of nitrogens with two attached hydrogens (primary N) is 1. The fourth-order valence-corrected chi connectivity index (χ4v) is 1.86. The van der Waals surface area contributed by atoms with Crippen LogP contribution in [0.3, 0.4) is 0 Å². The summed E-state index contributed by atoms with van der Waals surface area (Å²) in [6.07, 6.45) is 1.79. The molecule has 1 aromatic rings. The molecule has 84 valence electrons. The van der Waals surface area contributed by atoms with E-state index < -0.39 is 0 Å². The summed E-state index contributed by atoms with van der Waals surface area (Å²) in [5.74, 6) is 0. The maximum absolute atomic E-state index is 8.99. The number of methoxy groups -OCH3 is 1. The molecule has 0 heterocycles. The zero-order valence-corrected chi connectivity index (χ0v) is 9.83. The first kappa shape index (κ1) is 12.5. The molecule has 1 rings (SSSR count). The van der Waals surface area contributed by atoms with Crippen molar-refractivity contribution in [3.05, 3.63) is 29.8 Å². The summed E-state index contributed by atoms with van der Waals surface area (Å²) >= 11 is 1.69. The van der Waals surface area contributed by atoms with Crippen molar-refractivity contribution in [1.29, 1.82) is 0 Å². The molecule has 0 aliphatic carbocycles. The maximum Gasteiger partial charge on any atom is 0.0994 e. The standard InChI is InChI=1S/C11H17NO2S/c1-14-11(10(12)7-13)8-3-5-9(15-2)6-4-8/h3-6,10-11,13H,7,12H2,1-2H3/t10-,11-/m0/s1. The molecule has 0 saturated heterocycles. The zero-order valence-electron chi connectivity index (χ0n) is 9.01. The lowest BCUT2D eigenvalue weighted by molar-refractivity contribution is 0.0590. The summed E-state index contributed by atoms with van der Waals surface area (Å²) in [6, 6.07) is 7.63. The molecule has 0 spiro atoms. The molecule has 4 heteroatoms. The van der Waals surface area contributed by atoms with Crippen molar-refractivity contribution in [2.45, 2.75) is 17.0 Å². The van der Waals surface area contributed by atoms with E-state index in [9.17, 15) is 0 Å². The van der Waals surface area contributed by atoms with E-state index in [-0.39, 0.29) is 18.8 Å². The third-order valence-corrected chi connectivity index (χ3v) is 3.04. The van der Waals surface area contributed by atoms with Crippen molar-refractivity contribution in [2.24, 2.45) is 5.73 Å². The summed E-state index contributed by atoms with van der Waals surface area (Å²) in [4.78, 5) is 1.20. The molecule has 0 saturated carbocycles. The Balaban J connectivity index is 2.83. The highest BCUT2D eigenvalue weighted by atomic mass is 32.2. The second-order valence-electron chi connectivity index (χ2n) is 3.28. The van der Waals surface area contributed by atoms with Gasteiger partial charge >= 0.3 is 0 Å². The first-order valence-corrected chi connectivity index (χ1v) is 5.98. The summed E-state index contributed by atoms with van der Waals surface area (Å²) in [5.41, 5.74) is 6.75. The van der Waals surface area contributed by atoms with E-state index in [1.165, 1.54) is 4.90 Å². The Morgan fingerprint density at radius 1 is 1.40 bits per heavy atom. The van der Waals surface area contributed by atoms with Gasteiger partial charge in [0, 0.05) is 12.0 Å². The van der Waals surface area contributed by atoms with Crippen LogP contribution in [0, 0.1) is 0 Å². The Kier molecular flexibility index (Phi) is 5.11. The molecule has 0 radical (unpaired) electrons. The topological polar surface area (TPSA) is 55.5 Å². The molecule has 0 amide bonds. The van der Waals surface area contributed by atoms with Gasteiger partial charge in [0.15, 0.2) is 0 Å². The van der Waals surface area contributed by atoms with Crippen LogP contribution in [0.4, 0.5) is 0 Å². The number of ether oxygens (including phenoxy) is 1.